The lowest BCUT2D eigenvalue weighted by Crippen LogP contribution is -2.25. The molecule has 8 aromatic carbocycles. The third-order valence-corrected chi connectivity index (χ3v) is 14.9. The quantitative estimate of drug-likeness (QED) is 0.174. The second kappa shape index (κ2) is 12.0. The van der Waals surface area contributed by atoms with Gasteiger partial charge in [-0.25, -0.2) is 4.98 Å². The van der Waals surface area contributed by atoms with Gasteiger partial charge in [0.15, 0.2) is 0 Å². The van der Waals surface area contributed by atoms with Gasteiger partial charge in [0.2, 0.25) is 0 Å². The summed E-state index contributed by atoms with van der Waals surface area (Å²) in [7, 11) is 0. The molecule has 0 radical (unpaired) electrons. The van der Waals surface area contributed by atoms with Gasteiger partial charge in [-0.15, -0.1) is 0 Å². The third-order valence-electron chi connectivity index (χ3n) is 14.9. The zero-order valence-corrected chi connectivity index (χ0v) is 34.8. The monoisotopic (exact) mass is 777 g/mol. The van der Waals surface area contributed by atoms with Crippen molar-refractivity contribution in [3.8, 4) is 78.1 Å². The minimum absolute atomic E-state index is 0.0952. The minimum Gasteiger partial charge on any atom is -0.248 e. The standard InChI is InChI=1S/C60H43N/c1-58(2)48-20-10-5-15-40(48)45-28-25-36(32-54(45)58)39-34-56(61-57(35-39)38-26-29-46-41-16-6-11-21-49(41)59(3,4)55(46)33-38)37-27-30-53-47(31-37)44-19-9-14-24-52(44)60(53)50-22-12-7-17-42(50)43-18-8-13-23-51(43)60/h5-35H,1-4H3. The molecule has 13 rings (SSSR count). The van der Waals surface area contributed by atoms with Crippen LogP contribution in [0.4, 0.5) is 0 Å². The molecule has 0 unspecified atom stereocenters. The van der Waals surface area contributed by atoms with E-state index >= 15 is 0 Å². The Bertz CT molecular complexity index is 3200. The minimum atomic E-state index is -0.373. The van der Waals surface area contributed by atoms with Gasteiger partial charge < -0.3 is 0 Å². The van der Waals surface area contributed by atoms with Crippen molar-refractivity contribution in [3.05, 3.63) is 233 Å². The van der Waals surface area contributed by atoms with Gasteiger partial charge in [0.25, 0.3) is 0 Å². The van der Waals surface area contributed by atoms with E-state index in [0.29, 0.717) is 0 Å². The molecule has 288 valence electrons. The van der Waals surface area contributed by atoms with Crippen molar-refractivity contribution in [2.45, 2.75) is 43.9 Å². The number of rotatable bonds is 3. The Kier molecular flexibility index (Phi) is 6.85. The van der Waals surface area contributed by atoms with Gasteiger partial charge in [0.1, 0.15) is 0 Å². The summed E-state index contributed by atoms with van der Waals surface area (Å²) in [5, 5.41) is 0. The number of aromatic nitrogens is 1. The van der Waals surface area contributed by atoms with E-state index in [-0.39, 0.29) is 16.2 Å². The van der Waals surface area contributed by atoms with Gasteiger partial charge in [-0.3, -0.25) is 0 Å². The molecular formula is C60H43N. The van der Waals surface area contributed by atoms with Gasteiger partial charge in [-0.2, -0.15) is 0 Å². The molecule has 0 aliphatic heterocycles. The van der Waals surface area contributed by atoms with Crippen LogP contribution in [0, 0.1) is 0 Å². The third kappa shape index (κ3) is 4.48. The molecule has 0 fully saturated rings. The van der Waals surface area contributed by atoms with Gasteiger partial charge in [-0.05, 0) is 130 Å². The Morgan fingerprint density at radius 2 is 0.607 bits per heavy atom. The van der Waals surface area contributed by atoms with Crippen LogP contribution in [0.5, 0.6) is 0 Å². The van der Waals surface area contributed by atoms with Crippen molar-refractivity contribution in [1.82, 2.24) is 4.98 Å². The van der Waals surface area contributed by atoms with Crippen LogP contribution in [0.25, 0.3) is 78.1 Å². The Balaban J connectivity index is 1.02. The van der Waals surface area contributed by atoms with Crippen molar-refractivity contribution in [1.29, 1.82) is 0 Å². The first kappa shape index (κ1) is 34.7. The Morgan fingerprint density at radius 1 is 0.262 bits per heavy atom. The fourth-order valence-electron chi connectivity index (χ4n) is 12.0. The number of benzene rings is 8. The zero-order chi connectivity index (χ0) is 40.8. The lowest BCUT2D eigenvalue weighted by molar-refractivity contribution is 0.660. The highest BCUT2D eigenvalue weighted by molar-refractivity contribution is 5.96. The fourth-order valence-corrected chi connectivity index (χ4v) is 12.0. The molecule has 0 atom stereocenters. The van der Waals surface area contributed by atoms with E-state index in [4.69, 9.17) is 4.98 Å². The Labute approximate surface area is 358 Å². The van der Waals surface area contributed by atoms with E-state index in [1.807, 2.05) is 0 Å². The molecule has 1 aromatic heterocycles. The fraction of sp³-hybridized carbons (Fsp3) is 0.117. The molecule has 0 N–H and O–H groups in total. The molecule has 1 spiro atoms. The van der Waals surface area contributed by atoms with Gasteiger partial charge in [-0.1, -0.05) is 185 Å². The van der Waals surface area contributed by atoms with E-state index < -0.39 is 0 Å². The molecule has 1 heterocycles. The second-order valence-electron chi connectivity index (χ2n) is 18.6. The van der Waals surface area contributed by atoms with Crippen molar-refractivity contribution in [2.24, 2.45) is 0 Å². The highest BCUT2D eigenvalue weighted by Crippen LogP contribution is 2.63. The highest BCUT2D eigenvalue weighted by atomic mass is 14.7. The summed E-state index contributed by atoms with van der Waals surface area (Å²) in [6, 6.07) is 70.9. The molecule has 0 saturated carbocycles. The first-order chi connectivity index (χ1) is 29.7. The van der Waals surface area contributed by atoms with Crippen LogP contribution < -0.4 is 0 Å². The molecule has 0 bridgehead atoms. The lowest BCUT2D eigenvalue weighted by atomic mass is 9.70. The summed E-state index contributed by atoms with van der Waals surface area (Å²) in [4.78, 5) is 5.60. The second-order valence-corrected chi connectivity index (χ2v) is 18.6. The maximum Gasteiger partial charge on any atom is 0.0725 e. The summed E-state index contributed by atoms with van der Waals surface area (Å²) in [6.45, 7) is 9.45. The van der Waals surface area contributed by atoms with Gasteiger partial charge in [0.05, 0.1) is 16.8 Å². The van der Waals surface area contributed by atoms with Crippen molar-refractivity contribution < 1.29 is 0 Å². The van der Waals surface area contributed by atoms with Crippen LogP contribution in [0.3, 0.4) is 0 Å². The normalized spacial score (nSPS) is 15.6. The summed E-state index contributed by atoms with van der Waals surface area (Å²) < 4.78 is 0. The molecule has 4 aliphatic rings. The van der Waals surface area contributed by atoms with Crippen LogP contribution in [0.2, 0.25) is 0 Å². The molecular weight excluding hydrogens is 735 g/mol. The lowest BCUT2D eigenvalue weighted by Gasteiger charge is -2.30. The van der Waals surface area contributed by atoms with E-state index in [0.717, 1.165) is 22.5 Å². The predicted molar refractivity (Wildman–Crippen MR) is 252 cm³/mol. The summed E-state index contributed by atoms with van der Waals surface area (Å²) in [5.74, 6) is 0. The molecule has 61 heavy (non-hydrogen) atoms. The number of pyridine rings is 1. The largest absolute Gasteiger partial charge is 0.248 e. The first-order valence-corrected chi connectivity index (χ1v) is 21.7. The Hall–Kier alpha value is -7.09. The molecule has 4 aliphatic carbocycles. The van der Waals surface area contributed by atoms with Crippen LogP contribution in [0.1, 0.15) is 72.2 Å². The zero-order valence-electron chi connectivity index (χ0n) is 34.8. The van der Waals surface area contributed by atoms with Crippen LogP contribution >= 0.6 is 0 Å². The SMILES string of the molecule is CC1(C)c2ccccc2-c2ccc(-c3cc(-c4ccc5c(c4)-c4ccccc4C54c5ccccc5-c5ccccc54)nc(-c4ccc5c(c4)C(C)(C)c4ccccc4-5)c3)cc21. The summed E-state index contributed by atoms with van der Waals surface area (Å²) >= 11 is 0. The summed E-state index contributed by atoms with van der Waals surface area (Å²) in [5.41, 5.74) is 27.5. The van der Waals surface area contributed by atoms with Crippen molar-refractivity contribution >= 4 is 0 Å². The van der Waals surface area contributed by atoms with Crippen molar-refractivity contribution in [3.63, 3.8) is 0 Å². The van der Waals surface area contributed by atoms with Crippen LogP contribution in [-0.2, 0) is 16.2 Å². The van der Waals surface area contributed by atoms with Crippen LogP contribution in [-0.4, -0.2) is 4.98 Å². The van der Waals surface area contributed by atoms with E-state index in [1.54, 1.807) is 0 Å². The highest BCUT2D eigenvalue weighted by Gasteiger charge is 2.51. The van der Waals surface area contributed by atoms with Gasteiger partial charge in [0, 0.05) is 22.0 Å². The summed E-state index contributed by atoms with van der Waals surface area (Å²) in [6.07, 6.45) is 0. The number of fused-ring (bicyclic) bond motifs is 16. The average molecular weight is 778 g/mol. The maximum absolute atomic E-state index is 5.60. The molecule has 9 aromatic rings. The predicted octanol–water partition coefficient (Wildman–Crippen LogP) is 15.0. The van der Waals surface area contributed by atoms with E-state index in [9.17, 15) is 0 Å². The Morgan fingerprint density at radius 3 is 1.11 bits per heavy atom. The number of hydrogen-bond acceptors (Lipinski definition) is 1. The molecule has 0 saturated heterocycles. The average Bonchev–Trinajstić information content (AvgIpc) is 3.93. The van der Waals surface area contributed by atoms with E-state index in [1.165, 1.54) is 100 Å². The molecule has 1 nitrogen and oxygen atoms in total. The maximum atomic E-state index is 5.60. The van der Waals surface area contributed by atoms with Gasteiger partial charge >= 0.3 is 0 Å². The first-order valence-electron chi connectivity index (χ1n) is 21.7. The number of nitrogens with zero attached hydrogens (tertiary/aromatic N) is 1. The van der Waals surface area contributed by atoms with E-state index in [2.05, 4.69) is 216 Å². The van der Waals surface area contributed by atoms with Crippen LogP contribution in [0.15, 0.2) is 188 Å². The number of hydrogen-bond donors (Lipinski definition) is 0. The topological polar surface area (TPSA) is 12.9 Å². The molecule has 0 amide bonds. The molecule has 1 heteroatoms. The smallest absolute Gasteiger partial charge is 0.0725 e. The van der Waals surface area contributed by atoms with Crippen molar-refractivity contribution in [2.75, 3.05) is 0 Å².